The topological polar surface area (TPSA) is 37.3 Å². The molecule has 0 aliphatic carbocycles. The molecular formula is C13H10O2S. The van der Waals surface area contributed by atoms with Crippen molar-refractivity contribution in [2.75, 3.05) is 0 Å². The normalized spacial score (nSPS) is 10.8. The highest BCUT2D eigenvalue weighted by Gasteiger charge is 2.03. The SMILES string of the molecule is O=C(O)/C=C/c1sccc1-c1ccccc1. The summed E-state index contributed by atoms with van der Waals surface area (Å²) in [6.45, 7) is 0. The Balaban J connectivity index is 2.37. The minimum atomic E-state index is -0.924. The minimum Gasteiger partial charge on any atom is -0.478 e. The first-order valence-electron chi connectivity index (χ1n) is 4.81. The Bertz CT molecular complexity index is 512. The van der Waals surface area contributed by atoms with Crippen molar-refractivity contribution in [2.45, 2.75) is 0 Å². The Morgan fingerprint density at radius 1 is 1.19 bits per heavy atom. The third-order valence-electron chi connectivity index (χ3n) is 2.16. The van der Waals surface area contributed by atoms with Crippen molar-refractivity contribution >= 4 is 23.4 Å². The Labute approximate surface area is 97.5 Å². The van der Waals surface area contributed by atoms with Gasteiger partial charge in [0.15, 0.2) is 0 Å². The quantitative estimate of drug-likeness (QED) is 0.819. The summed E-state index contributed by atoms with van der Waals surface area (Å²) in [7, 11) is 0. The van der Waals surface area contributed by atoms with Crippen LogP contribution in [0.25, 0.3) is 17.2 Å². The van der Waals surface area contributed by atoms with E-state index in [0.717, 1.165) is 22.1 Å². The van der Waals surface area contributed by atoms with Crippen molar-refractivity contribution in [2.24, 2.45) is 0 Å². The van der Waals surface area contributed by atoms with E-state index in [0.29, 0.717) is 0 Å². The van der Waals surface area contributed by atoms with Crippen LogP contribution in [0.2, 0.25) is 0 Å². The van der Waals surface area contributed by atoms with E-state index in [1.807, 2.05) is 41.8 Å². The number of benzene rings is 1. The van der Waals surface area contributed by atoms with Gasteiger partial charge in [0.05, 0.1) is 0 Å². The first kappa shape index (κ1) is 10.6. The van der Waals surface area contributed by atoms with E-state index in [9.17, 15) is 4.79 Å². The van der Waals surface area contributed by atoms with E-state index in [4.69, 9.17) is 5.11 Å². The highest BCUT2D eigenvalue weighted by atomic mass is 32.1. The second-order valence-electron chi connectivity index (χ2n) is 3.24. The average Bonchev–Trinajstić information content (AvgIpc) is 2.75. The molecule has 0 fully saturated rings. The summed E-state index contributed by atoms with van der Waals surface area (Å²) in [4.78, 5) is 11.4. The minimum absolute atomic E-state index is 0.924. The molecule has 2 aromatic rings. The molecule has 0 unspecified atom stereocenters. The number of carbonyl (C=O) groups is 1. The van der Waals surface area contributed by atoms with Crippen LogP contribution in [-0.4, -0.2) is 11.1 Å². The van der Waals surface area contributed by atoms with Crippen molar-refractivity contribution in [1.29, 1.82) is 0 Å². The molecule has 3 heteroatoms. The van der Waals surface area contributed by atoms with Gasteiger partial charge in [-0.3, -0.25) is 0 Å². The van der Waals surface area contributed by atoms with Crippen molar-refractivity contribution in [1.82, 2.24) is 0 Å². The summed E-state index contributed by atoms with van der Waals surface area (Å²) in [5.74, 6) is -0.924. The van der Waals surface area contributed by atoms with Gasteiger partial charge in [-0.25, -0.2) is 4.79 Å². The lowest BCUT2D eigenvalue weighted by molar-refractivity contribution is -0.131. The number of hydrogen-bond donors (Lipinski definition) is 1. The van der Waals surface area contributed by atoms with Gasteiger partial charge in [-0.1, -0.05) is 30.3 Å². The van der Waals surface area contributed by atoms with E-state index in [2.05, 4.69) is 0 Å². The van der Waals surface area contributed by atoms with Crippen molar-refractivity contribution in [3.05, 3.63) is 52.7 Å². The molecule has 0 bridgehead atoms. The van der Waals surface area contributed by atoms with Crippen LogP contribution in [0.3, 0.4) is 0 Å². The van der Waals surface area contributed by atoms with Gasteiger partial charge in [-0.15, -0.1) is 11.3 Å². The van der Waals surface area contributed by atoms with E-state index in [1.54, 1.807) is 6.08 Å². The van der Waals surface area contributed by atoms with Crippen LogP contribution >= 0.6 is 11.3 Å². The molecule has 0 saturated heterocycles. The molecule has 2 nitrogen and oxygen atoms in total. The molecule has 80 valence electrons. The molecule has 1 aromatic carbocycles. The zero-order chi connectivity index (χ0) is 11.4. The van der Waals surface area contributed by atoms with Crippen molar-refractivity contribution in [3.63, 3.8) is 0 Å². The van der Waals surface area contributed by atoms with E-state index in [-0.39, 0.29) is 0 Å². The highest BCUT2D eigenvalue weighted by Crippen LogP contribution is 2.29. The van der Waals surface area contributed by atoms with Crippen LogP contribution in [0.15, 0.2) is 47.9 Å². The average molecular weight is 230 g/mol. The van der Waals surface area contributed by atoms with Gasteiger partial charge in [0.2, 0.25) is 0 Å². The van der Waals surface area contributed by atoms with Crippen LogP contribution in [0, 0.1) is 0 Å². The smallest absolute Gasteiger partial charge is 0.328 e. The fourth-order valence-electron chi connectivity index (χ4n) is 1.45. The molecule has 1 N–H and O–H groups in total. The summed E-state index contributed by atoms with van der Waals surface area (Å²) in [6, 6.07) is 11.9. The molecule has 2 rings (SSSR count). The molecule has 1 aromatic heterocycles. The van der Waals surface area contributed by atoms with E-state index in [1.165, 1.54) is 11.3 Å². The van der Waals surface area contributed by atoms with Crippen LogP contribution in [0.5, 0.6) is 0 Å². The number of hydrogen-bond acceptors (Lipinski definition) is 2. The maximum Gasteiger partial charge on any atom is 0.328 e. The zero-order valence-corrected chi connectivity index (χ0v) is 9.28. The fourth-order valence-corrected chi connectivity index (χ4v) is 2.26. The van der Waals surface area contributed by atoms with Crippen molar-refractivity contribution in [3.8, 4) is 11.1 Å². The number of carboxylic acids is 1. The molecule has 0 atom stereocenters. The molecule has 16 heavy (non-hydrogen) atoms. The molecule has 0 amide bonds. The largest absolute Gasteiger partial charge is 0.478 e. The molecule has 0 radical (unpaired) electrons. The van der Waals surface area contributed by atoms with Gasteiger partial charge in [-0.05, 0) is 28.6 Å². The number of thiophene rings is 1. The second-order valence-corrected chi connectivity index (χ2v) is 4.18. The van der Waals surface area contributed by atoms with Gasteiger partial charge in [-0.2, -0.15) is 0 Å². The first-order chi connectivity index (χ1) is 7.77. The molecule has 1 heterocycles. The summed E-state index contributed by atoms with van der Waals surface area (Å²) < 4.78 is 0. The predicted octanol–water partition coefficient (Wildman–Crippen LogP) is 3.51. The Morgan fingerprint density at radius 3 is 2.62 bits per heavy atom. The lowest BCUT2D eigenvalue weighted by Gasteiger charge is -1.99. The van der Waals surface area contributed by atoms with Crippen LogP contribution in [0.1, 0.15) is 4.88 Å². The molecular weight excluding hydrogens is 220 g/mol. The number of carboxylic acid groups (broad SMARTS) is 1. The van der Waals surface area contributed by atoms with Gasteiger partial charge < -0.3 is 5.11 Å². The van der Waals surface area contributed by atoms with Gasteiger partial charge >= 0.3 is 5.97 Å². The Kier molecular flexibility index (Phi) is 3.17. The summed E-state index contributed by atoms with van der Waals surface area (Å²) in [5.41, 5.74) is 2.18. The summed E-state index contributed by atoms with van der Waals surface area (Å²) in [6.07, 6.45) is 2.80. The second kappa shape index (κ2) is 4.77. The molecule has 0 aliphatic heterocycles. The van der Waals surface area contributed by atoms with Crippen molar-refractivity contribution < 1.29 is 9.90 Å². The third kappa shape index (κ3) is 2.38. The zero-order valence-electron chi connectivity index (χ0n) is 8.46. The number of aliphatic carboxylic acids is 1. The van der Waals surface area contributed by atoms with E-state index >= 15 is 0 Å². The first-order valence-corrected chi connectivity index (χ1v) is 5.69. The third-order valence-corrected chi connectivity index (χ3v) is 3.04. The van der Waals surface area contributed by atoms with Gasteiger partial charge in [0.1, 0.15) is 0 Å². The summed E-state index contributed by atoms with van der Waals surface area (Å²) >= 11 is 1.54. The Hall–Kier alpha value is -1.87. The molecule has 0 spiro atoms. The maximum absolute atomic E-state index is 10.5. The highest BCUT2D eigenvalue weighted by molar-refractivity contribution is 7.11. The Morgan fingerprint density at radius 2 is 1.94 bits per heavy atom. The molecule has 0 saturated carbocycles. The van der Waals surface area contributed by atoms with Gasteiger partial charge in [0.25, 0.3) is 0 Å². The molecule has 0 aliphatic rings. The van der Waals surface area contributed by atoms with E-state index < -0.39 is 5.97 Å². The van der Waals surface area contributed by atoms with Gasteiger partial charge in [0, 0.05) is 11.0 Å². The van der Waals surface area contributed by atoms with Crippen LogP contribution < -0.4 is 0 Å². The monoisotopic (exact) mass is 230 g/mol. The summed E-state index contributed by atoms with van der Waals surface area (Å²) in [5, 5.41) is 10.6. The number of rotatable bonds is 3. The fraction of sp³-hybridized carbons (Fsp3) is 0. The standard InChI is InChI=1S/C13H10O2S/c14-13(15)7-6-12-11(8-9-16-12)10-4-2-1-3-5-10/h1-9H,(H,14,15)/b7-6+. The van der Waals surface area contributed by atoms with Crippen LogP contribution in [0.4, 0.5) is 0 Å². The lowest BCUT2D eigenvalue weighted by atomic mass is 10.1. The lowest BCUT2D eigenvalue weighted by Crippen LogP contribution is -1.85. The maximum atomic E-state index is 10.5. The van der Waals surface area contributed by atoms with Crippen LogP contribution in [-0.2, 0) is 4.79 Å². The predicted molar refractivity (Wildman–Crippen MR) is 66.4 cm³/mol.